The molecule has 1 unspecified atom stereocenters. The molecule has 2 heterocycles. The molecule has 0 spiro atoms. The summed E-state index contributed by atoms with van der Waals surface area (Å²) in [5.41, 5.74) is 4.82. The maximum absolute atomic E-state index is 11.8. The minimum atomic E-state index is -0.526. The molecule has 0 saturated carbocycles. The van der Waals surface area contributed by atoms with Crippen LogP contribution in [0.15, 0.2) is 115 Å². The van der Waals surface area contributed by atoms with E-state index in [4.69, 9.17) is 4.74 Å². The summed E-state index contributed by atoms with van der Waals surface area (Å²) in [4.78, 5) is 14.3. The summed E-state index contributed by atoms with van der Waals surface area (Å²) >= 11 is 0. The zero-order valence-corrected chi connectivity index (χ0v) is 22.3. The van der Waals surface area contributed by atoms with Gasteiger partial charge in [0.2, 0.25) is 0 Å². The number of benzene rings is 3. The van der Waals surface area contributed by atoms with Gasteiger partial charge in [-0.25, -0.2) is 0 Å². The summed E-state index contributed by atoms with van der Waals surface area (Å²) in [7, 11) is 0. The molecule has 6 nitrogen and oxygen atoms in total. The molecule has 39 heavy (non-hydrogen) atoms. The van der Waals surface area contributed by atoms with Gasteiger partial charge in [-0.1, -0.05) is 97.1 Å². The molecule has 1 aliphatic rings. The van der Waals surface area contributed by atoms with Crippen LogP contribution >= 0.6 is 0 Å². The van der Waals surface area contributed by atoms with Gasteiger partial charge >= 0.3 is 5.97 Å². The molecule has 0 bridgehead atoms. The van der Waals surface area contributed by atoms with Crippen LogP contribution in [0, 0.1) is 0 Å². The van der Waals surface area contributed by atoms with Gasteiger partial charge in [0, 0.05) is 24.8 Å². The molecular weight excluding hydrogens is 486 g/mol. The molecule has 1 saturated heterocycles. The van der Waals surface area contributed by atoms with Crippen LogP contribution in [0.2, 0.25) is 0 Å². The van der Waals surface area contributed by atoms with Crippen LogP contribution in [0.4, 0.5) is 0 Å². The van der Waals surface area contributed by atoms with Gasteiger partial charge in [0.05, 0.1) is 37.4 Å². The summed E-state index contributed by atoms with van der Waals surface area (Å²) in [6.07, 6.45) is 5.95. The molecule has 3 aromatic carbocycles. The molecule has 1 aliphatic heterocycles. The van der Waals surface area contributed by atoms with Crippen molar-refractivity contribution < 1.29 is 14.6 Å². The number of aromatic nitrogens is 2. The SMILES string of the molecule is CCOC(=O)Cc1cnn(C/C=C2/CN(C(c3ccccc3)(c3ccccc3)c3ccccc3)CCC2O)c1. The van der Waals surface area contributed by atoms with Crippen molar-refractivity contribution in [2.75, 3.05) is 19.7 Å². The van der Waals surface area contributed by atoms with Crippen LogP contribution in [0.1, 0.15) is 35.6 Å². The van der Waals surface area contributed by atoms with Crippen molar-refractivity contribution >= 4 is 5.97 Å². The first kappa shape index (κ1) is 26.6. The zero-order chi connectivity index (χ0) is 27.1. The van der Waals surface area contributed by atoms with E-state index in [9.17, 15) is 9.90 Å². The average Bonchev–Trinajstić information content (AvgIpc) is 3.42. The Morgan fingerprint density at radius 1 is 0.974 bits per heavy atom. The quantitative estimate of drug-likeness (QED) is 0.191. The van der Waals surface area contributed by atoms with Gasteiger partial charge in [0.15, 0.2) is 0 Å². The summed E-state index contributed by atoms with van der Waals surface area (Å²) in [6, 6.07) is 31.9. The standard InChI is InChI=1S/C33H35N3O3/c1-2-39-32(38)22-26-23-34-36(24-26)21-18-27-25-35(20-19-31(27)37)33(28-12-6-3-7-13-28,29-14-8-4-9-15-29)30-16-10-5-11-17-30/h3-18,23-24,31,37H,2,19-22,25H2,1H3/b27-18-. The Kier molecular flexibility index (Phi) is 8.35. The van der Waals surface area contributed by atoms with Crippen LogP contribution in [-0.4, -0.2) is 51.6 Å². The Balaban J connectivity index is 1.49. The highest BCUT2D eigenvalue weighted by molar-refractivity contribution is 5.72. The lowest BCUT2D eigenvalue weighted by Gasteiger charge is -2.48. The molecule has 6 heteroatoms. The molecule has 0 aliphatic carbocycles. The summed E-state index contributed by atoms with van der Waals surface area (Å²) in [5.74, 6) is -0.257. The fourth-order valence-corrected chi connectivity index (χ4v) is 5.63. The van der Waals surface area contributed by atoms with Gasteiger partial charge < -0.3 is 9.84 Å². The van der Waals surface area contributed by atoms with E-state index in [0.717, 1.165) is 17.7 Å². The summed E-state index contributed by atoms with van der Waals surface area (Å²) in [6.45, 7) is 4.02. The van der Waals surface area contributed by atoms with Gasteiger partial charge in [-0.15, -0.1) is 0 Å². The van der Waals surface area contributed by atoms with E-state index < -0.39 is 11.6 Å². The number of nitrogens with zero attached hydrogens (tertiary/aromatic N) is 3. The van der Waals surface area contributed by atoms with Gasteiger partial charge in [0.25, 0.3) is 0 Å². The van der Waals surface area contributed by atoms with Gasteiger partial charge in [-0.2, -0.15) is 5.10 Å². The van der Waals surface area contributed by atoms with E-state index in [0.29, 0.717) is 26.1 Å². The number of piperidine rings is 1. The average molecular weight is 522 g/mol. The lowest BCUT2D eigenvalue weighted by atomic mass is 9.74. The van der Waals surface area contributed by atoms with E-state index in [-0.39, 0.29) is 12.4 Å². The van der Waals surface area contributed by atoms with Gasteiger partial charge in [0.1, 0.15) is 0 Å². The number of esters is 1. The Hall–Kier alpha value is -4.00. The lowest BCUT2D eigenvalue weighted by Crippen LogP contribution is -2.53. The second-order valence-electron chi connectivity index (χ2n) is 9.87. The highest BCUT2D eigenvalue weighted by Gasteiger charge is 2.44. The predicted molar refractivity (Wildman–Crippen MR) is 152 cm³/mol. The molecule has 1 fully saturated rings. The largest absolute Gasteiger partial charge is 0.466 e. The van der Waals surface area contributed by atoms with Crippen LogP contribution in [0.25, 0.3) is 0 Å². The number of aliphatic hydroxyl groups excluding tert-OH is 1. The van der Waals surface area contributed by atoms with Gasteiger partial charge in [-0.3, -0.25) is 14.4 Å². The number of hydrogen-bond donors (Lipinski definition) is 1. The van der Waals surface area contributed by atoms with Crippen LogP contribution in [0.3, 0.4) is 0 Å². The van der Waals surface area contributed by atoms with Crippen LogP contribution < -0.4 is 0 Å². The first-order valence-corrected chi connectivity index (χ1v) is 13.6. The molecule has 200 valence electrons. The van der Waals surface area contributed by atoms with Crippen molar-refractivity contribution in [3.05, 3.63) is 137 Å². The van der Waals surface area contributed by atoms with Crippen molar-refractivity contribution in [2.45, 2.75) is 38.0 Å². The molecular formula is C33H35N3O3. The maximum Gasteiger partial charge on any atom is 0.310 e. The highest BCUT2D eigenvalue weighted by atomic mass is 16.5. The molecule has 4 aromatic rings. The molecule has 5 rings (SSSR count). The minimum Gasteiger partial charge on any atom is -0.466 e. The third-order valence-corrected chi connectivity index (χ3v) is 7.40. The van der Waals surface area contributed by atoms with Crippen LogP contribution in [0.5, 0.6) is 0 Å². The van der Waals surface area contributed by atoms with Crippen LogP contribution in [-0.2, 0) is 28.0 Å². The molecule has 0 amide bonds. The smallest absolute Gasteiger partial charge is 0.310 e. The Morgan fingerprint density at radius 2 is 1.54 bits per heavy atom. The van der Waals surface area contributed by atoms with E-state index in [1.807, 2.05) is 6.20 Å². The predicted octanol–water partition coefficient (Wildman–Crippen LogP) is 4.97. The number of aliphatic hydroxyl groups is 1. The van der Waals surface area contributed by atoms with Crippen molar-refractivity contribution in [3.63, 3.8) is 0 Å². The number of allylic oxidation sites excluding steroid dienone is 1. The fourth-order valence-electron chi connectivity index (χ4n) is 5.63. The second-order valence-corrected chi connectivity index (χ2v) is 9.87. The van der Waals surface area contributed by atoms with E-state index in [1.54, 1.807) is 17.8 Å². The summed E-state index contributed by atoms with van der Waals surface area (Å²) in [5, 5.41) is 15.5. The van der Waals surface area contributed by atoms with E-state index >= 15 is 0 Å². The van der Waals surface area contributed by atoms with Crippen molar-refractivity contribution in [3.8, 4) is 0 Å². The zero-order valence-electron chi connectivity index (χ0n) is 22.3. The van der Waals surface area contributed by atoms with E-state index in [1.165, 1.54) is 16.7 Å². The second kappa shape index (κ2) is 12.2. The fraction of sp³-hybridized carbons (Fsp3) is 0.273. The van der Waals surface area contributed by atoms with Crippen molar-refractivity contribution in [2.24, 2.45) is 0 Å². The highest BCUT2D eigenvalue weighted by Crippen LogP contribution is 2.44. The first-order valence-electron chi connectivity index (χ1n) is 13.6. The van der Waals surface area contributed by atoms with Crippen molar-refractivity contribution in [1.82, 2.24) is 14.7 Å². The summed E-state index contributed by atoms with van der Waals surface area (Å²) < 4.78 is 6.85. The lowest BCUT2D eigenvalue weighted by molar-refractivity contribution is -0.142. The number of ether oxygens (including phenoxy) is 1. The number of rotatable bonds is 9. The Morgan fingerprint density at radius 3 is 2.08 bits per heavy atom. The Bertz CT molecular complexity index is 1290. The third-order valence-electron chi connectivity index (χ3n) is 7.40. The number of likely N-dealkylation sites (tertiary alicyclic amines) is 1. The van der Waals surface area contributed by atoms with Crippen molar-refractivity contribution in [1.29, 1.82) is 0 Å². The Labute approximate surface area is 230 Å². The monoisotopic (exact) mass is 521 g/mol. The minimum absolute atomic E-state index is 0.203. The van der Waals surface area contributed by atoms with E-state index in [2.05, 4.69) is 107 Å². The normalized spacial score (nSPS) is 17.3. The third kappa shape index (κ3) is 5.72. The number of hydrogen-bond acceptors (Lipinski definition) is 5. The van der Waals surface area contributed by atoms with Gasteiger partial charge in [-0.05, 0) is 35.6 Å². The topological polar surface area (TPSA) is 67.6 Å². The molecule has 0 radical (unpaired) electrons. The first-order chi connectivity index (χ1) is 19.1. The molecule has 1 aromatic heterocycles. The number of carbonyl (C=O) groups excluding carboxylic acids is 1. The maximum atomic E-state index is 11.8. The number of carbonyl (C=O) groups is 1. The molecule has 1 N–H and O–H groups in total. The molecule has 1 atom stereocenters.